The molecule has 0 aliphatic heterocycles. The second kappa shape index (κ2) is 5.55. The van der Waals surface area contributed by atoms with Gasteiger partial charge in [-0.1, -0.05) is 12.2 Å². The molecule has 17 heavy (non-hydrogen) atoms. The van der Waals surface area contributed by atoms with E-state index in [0.29, 0.717) is 6.61 Å². The van der Waals surface area contributed by atoms with Crippen LogP contribution >= 0.6 is 0 Å². The summed E-state index contributed by atoms with van der Waals surface area (Å²) in [5.41, 5.74) is 0.250. The molecule has 1 aromatic carbocycles. The number of hydrogen-bond donors (Lipinski definition) is 2. The molecule has 5 heteroatoms. The van der Waals surface area contributed by atoms with Crippen LogP contribution < -0.4 is 0 Å². The van der Waals surface area contributed by atoms with Gasteiger partial charge in [0, 0.05) is 18.7 Å². The highest BCUT2D eigenvalue weighted by Crippen LogP contribution is 2.34. The Bertz CT molecular complexity index is 536. The first kappa shape index (κ1) is 12.6. The quantitative estimate of drug-likeness (QED) is 0.767. The lowest BCUT2D eigenvalue weighted by atomic mass is 10.00. The maximum absolute atomic E-state index is 9.51. The molecule has 0 fully saturated rings. The molecule has 0 amide bonds. The molecule has 0 aliphatic rings. The summed E-state index contributed by atoms with van der Waals surface area (Å²) in [6, 6.07) is 4.72. The number of phenols is 2. The van der Waals surface area contributed by atoms with Crippen LogP contribution in [0, 0.1) is 22.7 Å². The Balaban J connectivity index is 3.41. The number of phenolic OH excluding ortho intramolecular Hbond substituents is 2. The number of aromatic hydroxyl groups is 2. The molecule has 0 spiro atoms. The molecule has 1 rings (SSSR count). The van der Waals surface area contributed by atoms with E-state index in [0.717, 1.165) is 6.07 Å². The maximum atomic E-state index is 9.51. The minimum atomic E-state index is -0.524. The molecule has 2 N–H and O–H groups in total. The fourth-order valence-electron chi connectivity index (χ4n) is 1.31. The third-order valence-corrected chi connectivity index (χ3v) is 2.10. The van der Waals surface area contributed by atoms with Crippen LogP contribution in [0.4, 0.5) is 0 Å². The average Bonchev–Trinajstić information content (AvgIpc) is 2.33. The van der Waals surface area contributed by atoms with E-state index in [1.54, 1.807) is 12.1 Å². The number of nitriles is 2. The molecule has 0 heterocycles. The minimum Gasteiger partial charge on any atom is -0.504 e. The van der Waals surface area contributed by atoms with E-state index >= 15 is 0 Å². The Morgan fingerprint density at radius 2 is 2.06 bits per heavy atom. The molecule has 0 radical (unpaired) electrons. The highest BCUT2D eigenvalue weighted by atomic mass is 16.5. The van der Waals surface area contributed by atoms with E-state index in [2.05, 4.69) is 0 Å². The first-order valence-corrected chi connectivity index (χ1v) is 4.70. The molecule has 0 saturated heterocycles. The van der Waals surface area contributed by atoms with Crippen LogP contribution in [-0.2, 0) is 4.74 Å². The lowest BCUT2D eigenvalue weighted by molar-refractivity contribution is 0.234. The Kier molecular flexibility index (Phi) is 4.10. The predicted octanol–water partition coefficient (Wildman–Crippen LogP) is 1.50. The van der Waals surface area contributed by atoms with Gasteiger partial charge in [0.1, 0.15) is 11.6 Å². The normalized spacial score (nSPS) is 10.1. The number of ether oxygens (including phenoxy) is 1. The van der Waals surface area contributed by atoms with Crippen molar-refractivity contribution in [2.24, 2.45) is 0 Å². The van der Waals surface area contributed by atoms with Crippen LogP contribution in [0.15, 0.2) is 12.1 Å². The molecular formula is C12H10N2O3. The molecular weight excluding hydrogens is 220 g/mol. The summed E-state index contributed by atoms with van der Waals surface area (Å²) in [4.78, 5) is 0. The third kappa shape index (κ3) is 2.54. The van der Waals surface area contributed by atoms with Gasteiger partial charge in [-0.15, -0.1) is 0 Å². The molecule has 1 aromatic rings. The van der Waals surface area contributed by atoms with Gasteiger partial charge in [0.15, 0.2) is 11.5 Å². The summed E-state index contributed by atoms with van der Waals surface area (Å²) >= 11 is 0. The fraction of sp³-hybridized carbons (Fsp3) is 0.167. The number of methoxy groups -OCH3 is 1. The molecule has 0 aliphatic carbocycles. The van der Waals surface area contributed by atoms with Crippen molar-refractivity contribution in [3.63, 3.8) is 0 Å². The molecule has 0 unspecified atom stereocenters. The van der Waals surface area contributed by atoms with Gasteiger partial charge in [-0.25, -0.2) is 0 Å². The monoisotopic (exact) mass is 230 g/mol. The van der Waals surface area contributed by atoms with Gasteiger partial charge in [-0.05, 0) is 0 Å². The lowest BCUT2D eigenvalue weighted by Crippen LogP contribution is -1.91. The number of nitrogens with zero attached hydrogens (tertiary/aromatic N) is 2. The predicted molar refractivity (Wildman–Crippen MR) is 60.1 cm³/mol. The number of benzene rings is 1. The van der Waals surface area contributed by atoms with Crippen LogP contribution in [0.3, 0.4) is 0 Å². The highest BCUT2D eigenvalue weighted by molar-refractivity contribution is 5.71. The number of rotatable bonds is 3. The molecule has 86 valence electrons. The van der Waals surface area contributed by atoms with Crippen LogP contribution in [0.1, 0.15) is 16.7 Å². The van der Waals surface area contributed by atoms with Crippen LogP contribution in [0.2, 0.25) is 0 Å². The molecule has 0 aromatic heterocycles. The van der Waals surface area contributed by atoms with E-state index in [1.807, 2.05) is 6.07 Å². The van der Waals surface area contributed by atoms with Gasteiger partial charge in [0.05, 0.1) is 18.2 Å². The Morgan fingerprint density at radius 3 is 2.59 bits per heavy atom. The second-order valence-electron chi connectivity index (χ2n) is 3.16. The van der Waals surface area contributed by atoms with Gasteiger partial charge in [-0.3, -0.25) is 0 Å². The lowest BCUT2D eigenvalue weighted by Gasteiger charge is -2.05. The summed E-state index contributed by atoms with van der Waals surface area (Å²) in [7, 11) is 1.51. The van der Waals surface area contributed by atoms with E-state index in [4.69, 9.17) is 15.3 Å². The summed E-state index contributed by atoms with van der Waals surface area (Å²) in [6.45, 7) is 0.317. The smallest absolute Gasteiger partial charge is 0.176 e. The Hall–Kier alpha value is -2.50. The van der Waals surface area contributed by atoms with Crippen molar-refractivity contribution in [3.05, 3.63) is 28.8 Å². The SMILES string of the molecule is COCC=Cc1c(C#N)cc(O)c(O)c1C#N. The fourth-order valence-corrected chi connectivity index (χ4v) is 1.31. The summed E-state index contributed by atoms with van der Waals surface area (Å²) in [5, 5.41) is 36.6. The second-order valence-corrected chi connectivity index (χ2v) is 3.16. The van der Waals surface area contributed by atoms with E-state index in [9.17, 15) is 10.2 Å². The van der Waals surface area contributed by atoms with E-state index in [-0.39, 0.29) is 16.7 Å². The Morgan fingerprint density at radius 1 is 1.35 bits per heavy atom. The Labute approximate surface area is 98.4 Å². The topological polar surface area (TPSA) is 97.3 Å². The van der Waals surface area contributed by atoms with Crippen molar-refractivity contribution in [2.45, 2.75) is 0 Å². The summed E-state index contributed by atoms with van der Waals surface area (Å²) < 4.78 is 4.80. The van der Waals surface area contributed by atoms with Crippen molar-refractivity contribution < 1.29 is 14.9 Å². The van der Waals surface area contributed by atoms with Crippen LogP contribution in [-0.4, -0.2) is 23.9 Å². The summed E-state index contributed by atoms with van der Waals surface area (Å²) in [5.74, 6) is -1.01. The van der Waals surface area contributed by atoms with E-state index in [1.165, 1.54) is 13.2 Å². The molecule has 0 saturated carbocycles. The van der Waals surface area contributed by atoms with Gasteiger partial charge in [-0.2, -0.15) is 10.5 Å². The van der Waals surface area contributed by atoms with Gasteiger partial charge in [0.2, 0.25) is 0 Å². The number of hydrogen-bond acceptors (Lipinski definition) is 5. The zero-order valence-corrected chi connectivity index (χ0v) is 9.14. The van der Waals surface area contributed by atoms with E-state index < -0.39 is 11.5 Å². The van der Waals surface area contributed by atoms with Gasteiger partial charge in [0.25, 0.3) is 0 Å². The maximum Gasteiger partial charge on any atom is 0.176 e. The van der Waals surface area contributed by atoms with Gasteiger partial charge < -0.3 is 14.9 Å². The summed E-state index contributed by atoms with van der Waals surface area (Å²) in [6.07, 6.45) is 3.10. The van der Waals surface area contributed by atoms with Crippen molar-refractivity contribution in [1.29, 1.82) is 10.5 Å². The van der Waals surface area contributed by atoms with Gasteiger partial charge >= 0.3 is 0 Å². The minimum absolute atomic E-state index is 0.115. The van der Waals surface area contributed by atoms with Crippen molar-refractivity contribution >= 4 is 6.08 Å². The first-order chi connectivity index (χ1) is 8.15. The highest BCUT2D eigenvalue weighted by Gasteiger charge is 2.15. The average molecular weight is 230 g/mol. The zero-order valence-electron chi connectivity index (χ0n) is 9.14. The van der Waals surface area contributed by atoms with Crippen molar-refractivity contribution in [2.75, 3.05) is 13.7 Å². The van der Waals surface area contributed by atoms with Crippen molar-refractivity contribution in [3.8, 4) is 23.6 Å². The zero-order chi connectivity index (χ0) is 12.8. The molecule has 0 bridgehead atoms. The largest absolute Gasteiger partial charge is 0.504 e. The standard InChI is InChI=1S/C12H10N2O3/c1-17-4-2-3-9-8(6-13)5-11(15)12(16)10(9)7-14/h2-3,5,15-16H,4H2,1H3. The molecule has 5 nitrogen and oxygen atoms in total. The molecule has 0 atom stereocenters. The van der Waals surface area contributed by atoms with Crippen molar-refractivity contribution in [1.82, 2.24) is 0 Å². The van der Waals surface area contributed by atoms with Crippen LogP contribution in [0.5, 0.6) is 11.5 Å². The van der Waals surface area contributed by atoms with Crippen LogP contribution in [0.25, 0.3) is 6.08 Å². The third-order valence-electron chi connectivity index (χ3n) is 2.10. The first-order valence-electron chi connectivity index (χ1n) is 4.70.